The molecule has 4 rings (SSSR count). The largest absolute Gasteiger partial charge is 0.330 e. The zero-order valence-corrected chi connectivity index (χ0v) is 15.5. The van der Waals surface area contributed by atoms with Crippen molar-refractivity contribution < 1.29 is 4.79 Å². The molecule has 136 valence electrons. The third kappa shape index (κ3) is 3.76. The Morgan fingerprint density at radius 2 is 1.85 bits per heavy atom. The summed E-state index contributed by atoms with van der Waals surface area (Å²) in [5.41, 5.74) is 3.06. The number of hydrogen-bond donors (Lipinski definition) is 0. The molecule has 2 heterocycles. The molecule has 0 N–H and O–H groups in total. The van der Waals surface area contributed by atoms with Crippen LogP contribution in [0.4, 0.5) is 0 Å². The number of piperazine rings is 1. The van der Waals surface area contributed by atoms with E-state index in [1.165, 1.54) is 5.56 Å². The fourth-order valence-corrected chi connectivity index (χ4v) is 3.66. The van der Waals surface area contributed by atoms with Crippen molar-refractivity contribution >= 4 is 22.9 Å². The molecular weight excluding hydrogens is 334 g/mol. The second-order valence-corrected chi connectivity index (χ2v) is 6.98. The molecule has 0 radical (unpaired) electrons. The number of aromatic nitrogens is 1. The second kappa shape index (κ2) is 7.72. The fraction of sp³-hybridized carbons (Fsp3) is 0.217. The average Bonchev–Trinajstić information content (AvgIpc) is 2.72. The normalized spacial score (nSPS) is 18.3. The molecule has 1 saturated heterocycles. The van der Waals surface area contributed by atoms with Crippen LogP contribution in [0.5, 0.6) is 0 Å². The highest BCUT2D eigenvalue weighted by Crippen LogP contribution is 2.25. The van der Waals surface area contributed by atoms with Crippen molar-refractivity contribution in [3.63, 3.8) is 0 Å². The van der Waals surface area contributed by atoms with E-state index in [4.69, 9.17) is 0 Å². The van der Waals surface area contributed by atoms with Gasteiger partial charge in [0.25, 0.3) is 0 Å². The monoisotopic (exact) mass is 357 g/mol. The Labute approximate surface area is 159 Å². The van der Waals surface area contributed by atoms with E-state index >= 15 is 0 Å². The predicted molar refractivity (Wildman–Crippen MR) is 109 cm³/mol. The number of pyridine rings is 1. The van der Waals surface area contributed by atoms with Gasteiger partial charge in [0.15, 0.2) is 0 Å². The van der Waals surface area contributed by atoms with Gasteiger partial charge in [0.1, 0.15) is 0 Å². The van der Waals surface area contributed by atoms with Crippen LogP contribution in [0.3, 0.4) is 0 Å². The van der Waals surface area contributed by atoms with Gasteiger partial charge in [-0.25, -0.2) is 0 Å². The quantitative estimate of drug-likeness (QED) is 0.670. The van der Waals surface area contributed by atoms with Gasteiger partial charge >= 0.3 is 0 Å². The molecule has 1 fully saturated rings. The van der Waals surface area contributed by atoms with E-state index in [9.17, 15) is 4.79 Å². The van der Waals surface area contributed by atoms with Gasteiger partial charge in [-0.1, -0.05) is 54.6 Å². The van der Waals surface area contributed by atoms with E-state index in [0.29, 0.717) is 0 Å². The highest BCUT2D eigenvalue weighted by Gasteiger charge is 2.28. The van der Waals surface area contributed by atoms with Crippen molar-refractivity contribution in [2.75, 3.05) is 26.7 Å². The minimum atomic E-state index is 0.0462. The van der Waals surface area contributed by atoms with Gasteiger partial charge in [-0.2, -0.15) is 0 Å². The molecule has 4 nitrogen and oxygen atoms in total. The molecule has 1 amide bonds. The van der Waals surface area contributed by atoms with Crippen LogP contribution in [0.25, 0.3) is 17.0 Å². The Bertz CT molecular complexity index is 962. The molecule has 0 bridgehead atoms. The number of benzene rings is 2. The number of para-hydroxylation sites is 1. The lowest BCUT2D eigenvalue weighted by molar-refractivity contribution is -0.130. The van der Waals surface area contributed by atoms with Gasteiger partial charge < -0.3 is 9.80 Å². The lowest BCUT2D eigenvalue weighted by Gasteiger charge is -2.40. The molecule has 4 heteroatoms. The highest BCUT2D eigenvalue weighted by atomic mass is 16.2. The van der Waals surface area contributed by atoms with E-state index in [2.05, 4.69) is 29.1 Å². The zero-order valence-electron chi connectivity index (χ0n) is 15.5. The van der Waals surface area contributed by atoms with E-state index in [1.807, 2.05) is 59.5 Å². The summed E-state index contributed by atoms with van der Waals surface area (Å²) >= 11 is 0. The molecule has 1 unspecified atom stereocenters. The summed E-state index contributed by atoms with van der Waals surface area (Å²) in [5.74, 6) is 0.0462. The molecule has 1 aliphatic rings. The van der Waals surface area contributed by atoms with Crippen LogP contribution in [-0.2, 0) is 4.79 Å². The molecule has 27 heavy (non-hydrogen) atoms. The van der Waals surface area contributed by atoms with Crippen molar-refractivity contribution in [2.45, 2.75) is 6.04 Å². The molecule has 0 spiro atoms. The van der Waals surface area contributed by atoms with Gasteiger partial charge in [-0.15, -0.1) is 0 Å². The van der Waals surface area contributed by atoms with Crippen molar-refractivity contribution in [3.8, 4) is 0 Å². The maximum atomic E-state index is 13.0. The van der Waals surface area contributed by atoms with Crippen LogP contribution < -0.4 is 0 Å². The Kier molecular flexibility index (Phi) is 4.99. The Morgan fingerprint density at radius 1 is 1.04 bits per heavy atom. The number of likely N-dealkylation sites (N-methyl/N-ethyl adjacent to an activating group) is 1. The summed E-state index contributed by atoms with van der Waals surface area (Å²) in [7, 11) is 2.11. The molecule has 1 atom stereocenters. The average molecular weight is 357 g/mol. The molecule has 3 aromatic rings. The topological polar surface area (TPSA) is 36.4 Å². The Morgan fingerprint density at radius 3 is 2.70 bits per heavy atom. The lowest BCUT2D eigenvalue weighted by Crippen LogP contribution is -2.48. The summed E-state index contributed by atoms with van der Waals surface area (Å²) in [5, 5.41) is 1.08. The first-order valence-electron chi connectivity index (χ1n) is 9.28. The fourth-order valence-electron chi connectivity index (χ4n) is 3.66. The molecule has 0 aliphatic carbocycles. The lowest BCUT2D eigenvalue weighted by atomic mass is 10.0. The summed E-state index contributed by atoms with van der Waals surface area (Å²) in [6.45, 7) is 2.46. The Balaban J connectivity index is 1.60. The van der Waals surface area contributed by atoms with E-state index in [0.717, 1.165) is 36.1 Å². The van der Waals surface area contributed by atoms with Crippen LogP contribution >= 0.6 is 0 Å². The molecule has 1 aliphatic heterocycles. The van der Waals surface area contributed by atoms with Gasteiger partial charge in [0.05, 0.1) is 11.6 Å². The standard InChI is InChI=1S/C23H23N3O/c1-25-15-16-26(21(17-25)18-7-3-2-4-8-18)22(27)13-12-20-10-5-9-19-11-6-14-24-23(19)20/h2-14,21H,15-17H2,1H3/b13-12+. The SMILES string of the molecule is CN1CCN(C(=O)/C=C/c2cccc3cccnc23)C(c2ccccc2)C1. The van der Waals surface area contributed by atoms with Crippen LogP contribution in [0.2, 0.25) is 0 Å². The number of hydrogen-bond acceptors (Lipinski definition) is 3. The molecule has 2 aromatic carbocycles. The molecule has 0 saturated carbocycles. The zero-order chi connectivity index (χ0) is 18.6. The molecular formula is C23H23N3O. The summed E-state index contributed by atoms with van der Waals surface area (Å²) in [4.78, 5) is 21.7. The minimum absolute atomic E-state index is 0.0462. The first kappa shape index (κ1) is 17.4. The van der Waals surface area contributed by atoms with E-state index in [-0.39, 0.29) is 11.9 Å². The number of amides is 1. The van der Waals surface area contributed by atoms with Gasteiger partial charge in [0, 0.05) is 42.9 Å². The predicted octanol–water partition coefficient (Wildman–Crippen LogP) is 3.76. The van der Waals surface area contributed by atoms with Crippen LogP contribution in [-0.4, -0.2) is 47.4 Å². The van der Waals surface area contributed by atoms with Crippen molar-refractivity contribution in [1.29, 1.82) is 0 Å². The summed E-state index contributed by atoms with van der Waals surface area (Å²) < 4.78 is 0. The number of carbonyl (C=O) groups is 1. The second-order valence-electron chi connectivity index (χ2n) is 6.98. The Hall–Kier alpha value is -2.98. The number of carbonyl (C=O) groups excluding carboxylic acids is 1. The first-order valence-corrected chi connectivity index (χ1v) is 9.28. The van der Waals surface area contributed by atoms with Crippen molar-refractivity contribution in [2.24, 2.45) is 0 Å². The third-order valence-electron chi connectivity index (χ3n) is 5.12. The molecule has 1 aromatic heterocycles. The van der Waals surface area contributed by atoms with E-state index in [1.54, 1.807) is 12.3 Å². The number of nitrogens with zero attached hydrogens (tertiary/aromatic N) is 3. The maximum absolute atomic E-state index is 13.0. The van der Waals surface area contributed by atoms with Gasteiger partial charge in [0.2, 0.25) is 5.91 Å². The van der Waals surface area contributed by atoms with Crippen LogP contribution in [0, 0.1) is 0 Å². The summed E-state index contributed by atoms with van der Waals surface area (Å²) in [6, 6.07) is 20.3. The van der Waals surface area contributed by atoms with Gasteiger partial charge in [-0.05, 0) is 24.8 Å². The van der Waals surface area contributed by atoms with Crippen molar-refractivity contribution in [1.82, 2.24) is 14.8 Å². The smallest absolute Gasteiger partial charge is 0.247 e. The number of fused-ring (bicyclic) bond motifs is 1. The van der Waals surface area contributed by atoms with Gasteiger partial charge in [-0.3, -0.25) is 9.78 Å². The van der Waals surface area contributed by atoms with Crippen LogP contribution in [0.1, 0.15) is 17.2 Å². The maximum Gasteiger partial charge on any atom is 0.247 e. The van der Waals surface area contributed by atoms with Crippen LogP contribution in [0.15, 0.2) is 72.9 Å². The highest BCUT2D eigenvalue weighted by molar-refractivity contribution is 5.95. The third-order valence-corrected chi connectivity index (χ3v) is 5.12. The van der Waals surface area contributed by atoms with Crippen molar-refractivity contribution in [3.05, 3.63) is 84.1 Å². The number of rotatable bonds is 3. The first-order chi connectivity index (χ1) is 13.2. The summed E-state index contributed by atoms with van der Waals surface area (Å²) in [6.07, 6.45) is 5.36. The minimum Gasteiger partial charge on any atom is -0.330 e. The van der Waals surface area contributed by atoms with E-state index < -0.39 is 0 Å².